The second-order valence-electron chi connectivity index (χ2n) is 11.6. The standard InChI is InChI=1S/C41H25N2OPS/c1-2-10-27(11-3-1)45(38-17-8-14-31-30-13-5-7-18-39(30)46-40(31)38)28-20-21-36-33(25-28)29-12-4-6-16-35(29)43(36)26-19-22-37-34(24-26)32-15-9-23-42-41(32)44-37/h1-25H. The summed E-state index contributed by atoms with van der Waals surface area (Å²) in [5.74, 6) is 0. The topological polar surface area (TPSA) is 31.0 Å². The maximum atomic E-state index is 6.06. The largest absolute Gasteiger partial charge is 0.438 e. The van der Waals surface area contributed by atoms with Crippen LogP contribution in [-0.2, 0) is 0 Å². The summed E-state index contributed by atoms with van der Waals surface area (Å²) in [6.45, 7) is 0. The van der Waals surface area contributed by atoms with E-state index in [0.717, 1.165) is 22.0 Å². The molecule has 3 nitrogen and oxygen atoms in total. The van der Waals surface area contributed by atoms with Gasteiger partial charge in [0.15, 0.2) is 0 Å². The van der Waals surface area contributed by atoms with Crippen molar-refractivity contribution in [3.63, 3.8) is 0 Å². The maximum absolute atomic E-state index is 6.06. The Bertz CT molecular complexity index is 2770. The molecule has 0 amide bonds. The third kappa shape index (κ3) is 3.84. The highest BCUT2D eigenvalue weighted by atomic mass is 32.1. The molecule has 0 fully saturated rings. The molecule has 4 heterocycles. The number of hydrogen-bond acceptors (Lipinski definition) is 3. The molecule has 46 heavy (non-hydrogen) atoms. The van der Waals surface area contributed by atoms with E-state index in [-0.39, 0.29) is 0 Å². The highest BCUT2D eigenvalue weighted by Crippen LogP contribution is 2.42. The lowest BCUT2D eigenvalue weighted by Gasteiger charge is -2.20. The maximum Gasteiger partial charge on any atom is 0.227 e. The van der Waals surface area contributed by atoms with Gasteiger partial charge in [-0.3, -0.25) is 0 Å². The fraction of sp³-hybridized carbons (Fsp3) is 0. The Morgan fingerprint density at radius 1 is 0.543 bits per heavy atom. The lowest BCUT2D eigenvalue weighted by molar-refractivity contribution is 0.654. The van der Waals surface area contributed by atoms with E-state index in [0.29, 0.717) is 5.71 Å². The molecule has 1 unspecified atom stereocenters. The summed E-state index contributed by atoms with van der Waals surface area (Å²) in [5.41, 5.74) is 5.01. The number of thiophene rings is 1. The molecule has 10 rings (SSSR count). The lowest BCUT2D eigenvalue weighted by atomic mass is 10.1. The monoisotopic (exact) mass is 624 g/mol. The summed E-state index contributed by atoms with van der Waals surface area (Å²) in [7, 11) is -0.811. The highest BCUT2D eigenvalue weighted by molar-refractivity contribution is 7.80. The van der Waals surface area contributed by atoms with Crippen LogP contribution < -0.4 is 15.9 Å². The molecular formula is C41H25N2OPS. The Hall–Kier alpha value is -5.28. The molecule has 0 aliphatic carbocycles. The third-order valence-electron chi connectivity index (χ3n) is 9.04. The molecule has 0 aliphatic rings. The fourth-order valence-electron chi connectivity index (χ4n) is 7.03. The van der Waals surface area contributed by atoms with Crippen LogP contribution in [0.25, 0.3) is 69.7 Å². The molecule has 0 N–H and O–H groups in total. The number of para-hydroxylation sites is 1. The minimum Gasteiger partial charge on any atom is -0.438 e. The van der Waals surface area contributed by atoms with Crippen LogP contribution >= 0.6 is 19.3 Å². The first-order chi connectivity index (χ1) is 22.8. The summed E-state index contributed by atoms with van der Waals surface area (Å²) in [6, 6.07) is 53.1. The molecule has 0 saturated heterocycles. The summed E-state index contributed by atoms with van der Waals surface area (Å²) in [5, 5.41) is 11.4. The first kappa shape index (κ1) is 26.0. The van der Waals surface area contributed by atoms with E-state index in [1.54, 1.807) is 6.20 Å². The predicted molar refractivity (Wildman–Crippen MR) is 197 cm³/mol. The van der Waals surface area contributed by atoms with E-state index >= 15 is 0 Å². The first-order valence-corrected chi connectivity index (χ1v) is 17.5. The summed E-state index contributed by atoms with van der Waals surface area (Å²) >= 11 is 1.92. The summed E-state index contributed by atoms with van der Waals surface area (Å²) in [4.78, 5) is 4.45. The van der Waals surface area contributed by atoms with E-state index in [1.807, 2.05) is 17.4 Å². The van der Waals surface area contributed by atoms with Crippen molar-refractivity contribution in [2.24, 2.45) is 0 Å². The Morgan fingerprint density at radius 2 is 1.33 bits per heavy atom. The van der Waals surface area contributed by atoms with Gasteiger partial charge < -0.3 is 8.98 Å². The number of fused-ring (bicyclic) bond motifs is 9. The van der Waals surface area contributed by atoms with Crippen molar-refractivity contribution in [1.82, 2.24) is 9.55 Å². The molecule has 216 valence electrons. The van der Waals surface area contributed by atoms with Crippen LogP contribution in [0.1, 0.15) is 0 Å². The molecule has 5 heteroatoms. The van der Waals surface area contributed by atoms with Gasteiger partial charge in [0.2, 0.25) is 5.71 Å². The minimum atomic E-state index is -0.811. The Labute approximate surface area is 269 Å². The van der Waals surface area contributed by atoms with Gasteiger partial charge in [0, 0.05) is 58.9 Å². The Morgan fingerprint density at radius 3 is 2.26 bits per heavy atom. The van der Waals surface area contributed by atoms with E-state index in [4.69, 9.17) is 4.42 Å². The molecular weight excluding hydrogens is 600 g/mol. The van der Waals surface area contributed by atoms with Crippen molar-refractivity contribution < 1.29 is 4.42 Å². The van der Waals surface area contributed by atoms with Crippen LogP contribution in [0.4, 0.5) is 0 Å². The fourth-order valence-corrected chi connectivity index (χ4v) is 10.9. The lowest BCUT2D eigenvalue weighted by Crippen LogP contribution is -2.20. The Kier molecular flexibility index (Phi) is 5.72. The first-order valence-electron chi connectivity index (χ1n) is 15.4. The van der Waals surface area contributed by atoms with Gasteiger partial charge in [-0.05, 0) is 73.1 Å². The van der Waals surface area contributed by atoms with Gasteiger partial charge in [-0.15, -0.1) is 11.3 Å². The van der Waals surface area contributed by atoms with Crippen LogP contribution in [0.5, 0.6) is 0 Å². The van der Waals surface area contributed by atoms with Crippen LogP contribution in [0, 0.1) is 0 Å². The summed E-state index contributed by atoms with van der Waals surface area (Å²) < 4.78 is 11.2. The van der Waals surface area contributed by atoms with Gasteiger partial charge in [0.05, 0.1) is 11.0 Å². The molecule has 0 bridgehead atoms. The van der Waals surface area contributed by atoms with Crippen molar-refractivity contribution in [2.45, 2.75) is 0 Å². The van der Waals surface area contributed by atoms with Crippen LogP contribution in [-0.4, -0.2) is 9.55 Å². The van der Waals surface area contributed by atoms with Gasteiger partial charge in [-0.1, -0.05) is 91.0 Å². The van der Waals surface area contributed by atoms with Crippen molar-refractivity contribution in [2.75, 3.05) is 0 Å². The highest BCUT2D eigenvalue weighted by Gasteiger charge is 2.23. The number of rotatable bonds is 4. The molecule has 4 aromatic heterocycles. The molecule has 6 aromatic carbocycles. The average Bonchev–Trinajstić information content (AvgIpc) is 3.78. The Balaban J connectivity index is 1.22. The molecule has 10 aromatic rings. The van der Waals surface area contributed by atoms with E-state index in [9.17, 15) is 0 Å². The number of hydrogen-bond donors (Lipinski definition) is 0. The smallest absolute Gasteiger partial charge is 0.227 e. The zero-order valence-electron chi connectivity index (χ0n) is 24.6. The third-order valence-corrected chi connectivity index (χ3v) is 12.9. The van der Waals surface area contributed by atoms with Crippen molar-refractivity contribution in [1.29, 1.82) is 0 Å². The molecule has 0 radical (unpaired) electrons. The van der Waals surface area contributed by atoms with E-state index in [1.165, 1.54) is 57.9 Å². The van der Waals surface area contributed by atoms with Crippen molar-refractivity contribution >= 4 is 99.2 Å². The van der Waals surface area contributed by atoms with Crippen LogP contribution in [0.3, 0.4) is 0 Å². The number of pyridine rings is 1. The van der Waals surface area contributed by atoms with Gasteiger partial charge in [0.25, 0.3) is 0 Å². The molecule has 0 aliphatic heterocycles. The van der Waals surface area contributed by atoms with Crippen LogP contribution in [0.15, 0.2) is 156 Å². The van der Waals surface area contributed by atoms with Gasteiger partial charge in [-0.25, -0.2) is 4.98 Å². The second-order valence-corrected chi connectivity index (χ2v) is 14.9. The minimum absolute atomic E-state index is 0.671. The zero-order chi connectivity index (χ0) is 30.2. The SMILES string of the molecule is c1ccc(P(c2ccc3c(c2)c2ccccc2n3-c2ccc3oc4ncccc4c3c2)c2cccc3c2sc2ccccc23)cc1. The van der Waals surface area contributed by atoms with Crippen molar-refractivity contribution in [3.05, 3.63) is 152 Å². The van der Waals surface area contributed by atoms with Crippen LogP contribution in [0.2, 0.25) is 0 Å². The molecule has 1 atom stereocenters. The van der Waals surface area contributed by atoms with E-state index < -0.39 is 7.92 Å². The summed E-state index contributed by atoms with van der Waals surface area (Å²) in [6.07, 6.45) is 1.78. The number of benzene rings is 6. The predicted octanol–water partition coefficient (Wildman–Crippen LogP) is 10.2. The molecule has 0 spiro atoms. The zero-order valence-corrected chi connectivity index (χ0v) is 26.3. The van der Waals surface area contributed by atoms with Gasteiger partial charge >= 0.3 is 0 Å². The number of aromatic nitrogens is 2. The van der Waals surface area contributed by atoms with Crippen molar-refractivity contribution in [3.8, 4) is 5.69 Å². The number of nitrogens with zero attached hydrogens (tertiary/aromatic N) is 2. The number of furan rings is 1. The van der Waals surface area contributed by atoms with E-state index in [2.05, 4.69) is 149 Å². The van der Waals surface area contributed by atoms with Gasteiger partial charge in [0.1, 0.15) is 5.58 Å². The quantitative estimate of drug-likeness (QED) is 0.183. The average molecular weight is 625 g/mol. The normalized spacial score (nSPS) is 12.7. The second kappa shape index (κ2) is 10.1. The van der Waals surface area contributed by atoms with Gasteiger partial charge in [-0.2, -0.15) is 0 Å². The molecule has 0 saturated carbocycles.